The summed E-state index contributed by atoms with van der Waals surface area (Å²) in [6, 6.07) is 0. The van der Waals surface area contributed by atoms with Crippen LogP contribution in [0.2, 0.25) is 0 Å². The average molecular weight is 448 g/mol. The van der Waals surface area contributed by atoms with Crippen molar-refractivity contribution >= 4 is 18.3 Å². The molecule has 0 radical (unpaired) electrons. The van der Waals surface area contributed by atoms with E-state index in [0.717, 1.165) is 6.42 Å². The van der Waals surface area contributed by atoms with Crippen molar-refractivity contribution in [2.24, 2.45) is 0 Å². The predicted octanol–water partition coefficient (Wildman–Crippen LogP) is 3.59. The van der Waals surface area contributed by atoms with Crippen LogP contribution in [0.4, 0.5) is 14.4 Å². The first kappa shape index (κ1) is 28.8. The van der Waals surface area contributed by atoms with Gasteiger partial charge in [-0.2, -0.15) is 0 Å². The average Bonchev–Trinajstić information content (AvgIpc) is 2.58. The summed E-state index contributed by atoms with van der Waals surface area (Å²) in [6.07, 6.45) is 0.668. The Labute approximate surface area is 186 Å². The molecule has 3 N–H and O–H groups in total. The molecule has 0 aliphatic heterocycles. The number of nitrogens with one attached hydrogen (secondary N) is 2. The molecular weight excluding hydrogens is 406 g/mol. The van der Waals surface area contributed by atoms with Crippen molar-refractivity contribution in [3.63, 3.8) is 0 Å². The Hall–Kier alpha value is -2.23. The third kappa shape index (κ3) is 19.5. The van der Waals surface area contributed by atoms with E-state index in [0.29, 0.717) is 58.7 Å². The lowest BCUT2D eigenvalue weighted by Crippen LogP contribution is -2.36. The van der Waals surface area contributed by atoms with Crippen LogP contribution >= 0.6 is 0 Å². The van der Waals surface area contributed by atoms with E-state index in [4.69, 9.17) is 14.2 Å². The van der Waals surface area contributed by atoms with Gasteiger partial charge in [0.05, 0.1) is 0 Å². The highest BCUT2D eigenvalue weighted by Crippen LogP contribution is 2.07. The van der Waals surface area contributed by atoms with E-state index in [1.807, 2.05) is 20.8 Å². The first-order valence-corrected chi connectivity index (χ1v) is 10.8. The van der Waals surface area contributed by atoms with Gasteiger partial charge in [0.2, 0.25) is 0 Å². The second-order valence-electron chi connectivity index (χ2n) is 9.15. The number of ether oxygens (including phenoxy) is 3. The van der Waals surface area contributed by atoms with Crippen LogP contribution in [0.15, 0.2) is 0 Å². The van der Waals surface area contributed by atoms with Crippen LogP contribution < -0.4 is 10.6 Å². The van der Waals surface area contributed by atoms with E-state index in [2.05, 4.69) is 10.6 Å². The quantitative estimate of drug-likeness (QED) is 0.368. The summed E-state index contributed by atoms with van der Waals surface area (Å²) in [7, 11) is 0. The summed E-state index contributed by atoms with van der Waals surface area (Å²) >= 11 is 0. The molecule has 0 heterocycles. The molecule has 0 aromatic heterocycles. The maximum absolute atomic E-state index is 11.6. The molecule has 0 fully saturated rings. The topological polar surface area (TPSA) is 126 Å². The predicted molar refractivity (Wildman–Crippen MR) is 117 cm³/mol. The Bertz CT molecular complexity index is 542. The smallest absolute Gasteiger partial charge is 0.407 e. The molecule has 0 aromatic carbocycles. The Kier molecular flexibility index (Phi) is 13.7. The molecule has 0 saturated heterocycles. The first-order chi connectivity index (χ1) is 14.3. The Morgan fingerprint density at radius 3 is 1.68 bits per heavy atom. The number of nitrogens with zero attached hydrogens (tertiary/aromatic N) is 1. The number of carboxylic acid groups (broad SMARTS) is 1. The van der Waals surface area contributed by atoms with E-state index in [1.165, 1.54) is 4.90 Å². The number of unbranched alkanes of at least 4 members (excludes halogenated alkanes) is 1. The molecule has 0 aliphatic rings. The van der Waals surface area contributed by atoms with Crippen molar-refractivity contribution in [2.75, 3.05) is 39.4 Å². The van der Waals surface area contributed by atoms with Crippen molar-refractivity contribution in [1.82, 2.24) is 15.5 Å². The van der Waals surface area contributed by atoms with Crippen LogP contribution in [0.3, 0.4) is 0 Å². The highest BCUT2D eigenvalue weighted by atomic mass is 16.6. The van der Waals surface area contributed by atoms with Gasteiger partial charge in [-0.25, -0.2) is 14.4 Å². The lowest BCUT2D eigenvalue weighted by molar-refractivity contribution is 0.0509. The van der Waals surface area contributed by atoms with Gasteiger partial charge in [-0.3, -0.25) is 0 Å². The fraction of sp³-hybridized carbons (Fsp3) is 0.857. The van der Waals surface area contributed by atoms with Crippen LogP contribution in [-0.4, -0.2) is 78.9 Å². The summed E-state index contributed by atoms with van der Waals surface area (Å²) < 4.78 is 15.8. The van der Waals surface area contributed by atoms with Gasteiger partial charge in [-0.1, -0.05) is 0 Å². The number of hydrogen-bond donors (Lipinski definition) is 3. The zero-order valence-electron chi connectivity index (χ0n) is 19.9. The first-order valence-electron chi connectivity index (χ1n) is 10.8. The number of amides is 3. The SMILES string of the molecule is CC(C)(C)OC(=O)NCCCOCCCCN(CCCNC(=O)OC(C)(C)C)C(=O)O. The fourth-order valence-corrected chi connectivity index (χ4v) is 2.37. The second kappa shape index (κ2) is 14.7. The van der Waals surface area contributed by atoms with Crippen molar-refractivity contribution in [1.29, 1.82) is 0 Å². The molecule has 0 aromatic rings. The van der Waals surface area contributed by atoms with Crippen molar-refractivity contribution in [2.45, 2.75) is 78.4 Å². The standard InChI is InChI=1S/C21H41N3O7/c1-20(2,3)30-17(25)22-11-9-14-24(19(27)28)13-7-8-15-29-16-10-12-23-18(26)31-21(4,5)6/h7-16H2,1-6H3,(H,22,25)(H,23,26)(H,27,28). The van der Waals surface area contributed by atoms with Crippen molar-refractivity contribution in [3.8, 4) is 0 Å². The Balaban J connectivity index is 3.74. The number of carbonyl (C=O) groups excluding carboxylic acids is 2. The van der Waals surface area contributed by atoms with E-state index >= 15 is 0 Å². The van der Waals surface area contributed by atoms with Gasteiger partial charge >= 0.3 is 18.3 Å². The minimum absolute atomic E-state index is 0.336. The van der Waals surface area contributed by atoms with Gasteiger partial charge in [-0.15, -0.1) is 0 Å². The highest BCUT2D eigenvalue weighted by Gasteiger charge is 2.16. The minimum Gasteiger partial charge on any atom is -0.465 e. The molecule has 0 spiro atoms. The molecule has 0 rings (SSSR count). The molecular formula is C21H41N3O7. The van der Waals surface area contributed by atoms with E-state index in [9.17, 15) is 19.5 Å². The van der Waals surface area contributed by atoms with Crippen LogP contribution in [0.5, 0.6) is 0 Å². The lowest BCUT2D eigenvalue weighted by atomic mass is 10.2. The number of hydrogen-bond acceptors (Lipinski definition) is 6. The number of rotatable bonds is 13. The third-order valence-electron chi connectivity index (χ3n) is 3.64. The third-order valence-corrected chi connectivity index (χ3v) is 3.64. The largest absolute Gasteiger partial charge is 0.465 e. The van der Waals surface area contributed by atoms with Crippen LogP contribution in [0, 0.1) is 0 Å². The minimum atomic E-state index is -0.980. The summed E-state index contributed by atoms with van der Waals surface area (Å²) in [5.41, 5.74) is -1.08. The molecule has 10 nitrogen and oxygen atoms in total. The zero-order chi connectivity index (χ0) is 23.9. The summed E-state index contributed by atoms with van der Waals surface area (Å²) in [4.78, 5) is 35.7. The lowest BCUT2D eigenvalue weighted by Gasteiger charge is -2.21. The molecule has 31 heavy (non-hydrogen) atoms. The van der Waals surface area contributed by atoms with Gasteiger partial charge in [0.15, 0.2) is 0 Å². The van der Waals surface area contributed by atoms with Crippen molar-refractivity contribution in [3.05, 3.63) is 0 Å². The van der Waals surface area contributed by atoms with Gasteiger partial charge in [-0.05, 0) is 67.2 Å². The van der Waals surface area contributed by atoms with E-state index in [-0.39, 0.29) is 0 Å². The van der Waals surface area contributed by atoms with Crippen LogP contribution in [-0.2, 0) is 14.2 Å². The van der Waals surface area contributed by atoms with Crippen LogP contribution in [0.1, 0.15) is 67.2 Å². The summed E-state index contributed by atoms with van der Waals surface area (Å²) in [5, 5.41) is 14.6. The van der Waals surface area contributed by atoms with Crippen molar-refractivity contribution < 1.29 is 33.7 Å². The molecule has 182 valence electrons. The molecule has 3 amide bonds. The maximum atomic E-state index is 11.6. The maximum Gasteiger partial charge on any atom is 0.407 e. The number of carbonyl (C=O) groups is 3. The number of alkyl carbamates (subject to hydrolysis) is 2. The second-order valence-corrected chi connectivity index (χ2v) is 9.15. The molecule has 0 atom stereocenters. The molecule has 0 unspecified atom stereocenters. The molecule has 10 heteroatoms. The molecule has 0 bridgehead atoms. The van der Waals surface area contributed by atoms with Gasteiger partial charge in [0.1, 0.15) is 11.2 Å². The van der Waals surface area contributed by atoms with Gasteiger partial charge in [0.25, 0.3) is 0 Å². The monoisotopic (exact) mass is 447 g/mol. The Morgan fingerprint density at radius 1 is 0.742 bits per heavy atom. The van der Waals surface area contributed by atoms with E-state index in [1.54, 1.807) is 20.8 Å². The van der Waals surface area contributed by atoms with Gasteiger partial charge < -0.3 is 34.9 Å². The van der Waals surface area contributed by atoms with E-state index < -0.39 is 29.5 Å². The Morgan fingerprint density at radius 2 is 1.19 bits per heavy atom. The zero-order valence-corrected chi connectivity index (χ0v) is 19.9. The normalized spacial score (nSPS) is 11.5. The highest BCUT2D eigenvalue weighted by molar-refractivity contribution is 5.68. The van der Waals surface area contributed by atoms with Gasteiger partial charge in [0, 0.05) is 39.4 Å². The molecule has 0 aliphatic carbocycles. The summed E-state index contributed by atoms with van der Waals surface area (Å²) in [6.45, 7) is 13.4. The summed E-state index contributed by atoms with van der Waals surface area (Å²) in [5.74, 6) is 0. The molecule has 0 saturated carbocycles. The van der Waals surface area contributed by atoms with Crippen LogP contribution in [0.25, 0.3) is 0 Å². The fourth-order valence-electron chi connectivity index (χ4n) is 2.37.